The monoisotopic (exact) mass is 773 g/mol. The van der Waals surface area contributed by atoms with Gasteiger partial charge in [-0.05, 0) is 169 Å². The predicted molar refractivity (Wildman–Crippen MR) is 248 cm³/mol. The Kier molecular flexibility index (Phi) is 18.0. The maximum Gasteiger partial charge on any atom is 0.118 e. The summed E-state index contributed by atoms with van der Waals surface area (Å²) in [5, 5.41) is 0. The summed E-state index contributed by atoms with van der Waals surface area (Å²) in [5.74, 6) is 3.43. The van der Waals surface area contributed by atoms with E-state index in [0.29, 0.717) is 5.41 Å². The smallest absolute Gasteiger partial charge is 0.118 e. The summed E-state index contributed by atoms with van der Waals surface area (Å²) in [6.45, 7) is 42.7. The maximum atomic E-state index is 5.63. The van der Waals surface area contributed by atoms with Crippen LogP contribution < -0.4 is 9.47 Å². The first-order valence-corrected chi connectivity index (χ1v) is 22.9. The fourth-order valence-corrected chi connectivity index (χ4v) is 12.8. The van der Waals surface area contributed by atoms with Crippen molar-refractivity contribution in [3.05, 3.63) is 71.8 Å². The minimum absolute atomic E-state index is 0.0992. The molecule has 0 radical (unpaired) electrons. The summed E-state index contributed by atoms with van der Waals surface area (Å²) < 4.78 is 11.1. The summed E-state index contributed by atoms with van der Waals surface area (Å²) in [4.78, 5) is 0. The first-order chi connectivity index (χ1) is 25.9. The molecule has 0 bridgehead atoms. The fraction of sp³-hybridized carbons (Fsp3) is 0.741. The molecule has 0 heterocycles. The van der Waals surface area contributed by atoms with E-state index in [4.69, 9.17) is 9.47 Å². The molecule has 0 unspecified atom stereocenters. The van der Waals surface area contributed by atoms with E-state index in [1.54, 1.807) is 14.2 Å². The lowest BCUT2D eigenvalue weighted by molar-refractivity contribution is 0.0334. The minimum Gasteiger partial charge on any atom is -0.497 e. The summed E-state index contributed by atoms with van der Waals surface area (Å²) in [6.07, 6.45) is 16.4. The zero-order chi connectivity index (χ0) is 42.8. The maximum absolute atomic E-state index is 5.63. The summed E-state index contributed by atoms with van der Waals surface area (Å²) in [6, 6.07) is 18.0. The third-order valence-corrected chi connectivity index (χ3v) is 14.0. The fourth-order valence-electron chi connectivity index (χ4n) is 12.8. The minimum atomic E-state index is 0.0992. The van der Waals surface area contributed by atoms with E-state index in [1.807, 2.05) is 27.7 Å². The molecule has 2 aromatic carbocycles. The highest BCUT2D eigenvalue weighted by molar-refractivity contribution is 5.34. The van der Waals surface area contributed by atoms with E-state index >= 15 is 0 Å². The predicted octanol–water partition coefficient (Wildman–Crippen LogP) is 17.0. The first kappa shape index (κ1) is 49.9. The largest absolute Gasteiger partial charge is 0.497 e. The van der Waals surface area contributed by atoms with Gasteiger partial charge < -0.3 is 9.47 Å². The molecule has 0 aliphatic heterocycles. The summed E-state index contributed by atoms with van der Waals surface area (Å²) in [7, 11) is 3.53. The number of rotatable bonds is 16. The van der Waals surface area contributed by atoms with Gasteiger partial charge >= 0.3 is 0 Å². The van der Waals surface area contributed by atoms with Crippen LogP contribution in [0.4, 0.5) is 0 Å². The molecule has 4 rings (SSSR count). The quantitative estimate of drug-likeness (QED) is 0.158. The molecule has 2 aromatic rings. The molecule has 0 N–H and O–H groups in total. The molecule has 2 aliphatic carbocycles. The van der Waals surface area contributed by atoms with E-state index in [0.717, 1.165) is 29.8 Å². The van der Waals surface area contributed by atoms with E-state index in [2.05, 4.69) is 138 Å². The number of hydrogen-bond donors (Lipinski definition) is 0. The lowest BCUT2D eigenvalue weighted by Crippen LogP contribution is -2.42. The molecule has 0 atom stereocenters. The lowest BCUT2D eigenvalue weighted by Gasteiger charge is -2.51. The van der Waals surface area contributed by atoms with Gasteiger partial charge in [0.15, 0.2) is 0 Å². The third-order valence-electron chi connectivity index (χ3n) is 14.0. The molecule has 0 saturated heterocycles. The number of benzene rings is 2. The van der Waals surface area contributed by atoms with Gasteiger partial charge in [-0.25, -0.2) is 0 Å². The molecule has 2 nitrogen and oxygen atoms in total. The van der Waals surface area contributed by atoms with Crippen LogP contribution >= 0.6 is 0 Å². The first-order valence-electron chi connectivity index (χ1n) is 22.9. The summed E-state index contributed by atoms with van der Waals surface area (Å²) in [5.41, 5.74) is 6.07. The van der Waals surface area contributed by atoms with Crippen molar-refractivity contribution >= 4 is 0 Å². The molecule has 2 heteroatoms. The molecule has 0 spiro atoms. The van der Waals surface area contributed by atoms with Crippen LogP contribution in [0.5, 0.6) is 11.5 Å². The number of allylic oxidation sites excluding steroid dienone is 1. The van der Waals surface area contributed by atoms with Gasteiger partial charge in [0, 0.05) is 0 Å². The van der Waals surface area contributed by atoms with Crippen molar-refractivity contribution in [1.82, 2.24) is 0 Å². The van der Waals surface area contributed by atoms with E-state index in [9.17, 15) is 0 Å². The SMILES string of the molecule is C=C1CCC(C(C)(C)CC(C)(C)CC(C)(C)CC2(c3ccc(OC)cc3)CCC(C(C)(C)CC(C)(C)CC(C)(C)c3ccc(OC)cc3)CC2)CC1.CC.CC. The van der Waals surface area contributed by atoms with E-state index in [1.165, 1.54) is 93.7 Å². The van der Waals surface area contributed by atoms with Crippen LogP contribution in [0.1, 0.15) is 205 Å². The van der Waals surface area contributed by atoms with Crippen molar-refractivity contribution in [2.24, 2.45) is 38.9 Å². The standard InChI is InChI=1S/C50H80O2.2C2H6/c1-37-16-18-38(19-17-37)47(8,9)33-44(2,3)32-45(4,5)36-50(41-22-26-43(52-15)27-23-41)30-28-40(29-31-50)49(12,13)35-46(6,7)34-48(10,11)39-20-24-42(51-14)25-21-39;2*1-2/h20-27,38,40H,1,16-19,28-36H2,2-15H3;2*1-2H3. The highest BCUT2D eigenvalue weighted by atomic mass is 16.5. The third kappa shape index (κ3) is 14.0. The Bertz CT molecular complexity index is 1430. The second kappa shape index (κ2) is 20.2. The second-order valence-corrected chi connectivity index (χ2v) is 22.3. The summed E-state index contributed by atoms with van der Waals surface area (Å²) >= 11 is 0. The molecule has 0 aromatic heterocycles. The Morgan fingerprint density at radius 2 is 0.929 bits per heavy atom. The average Bonchev–Trinajstić information content (AvgIpc) is 3.11. The van der Waals surface area contributed by atoms with Crippen LogP contribution in [0.25, 0.3) is 0 Å². The van der Waals surface area contributed by atoms with Crippen molar-refractivity contribution in [2.75, 3.05) is 14.2 Å². The van der Waals surface area contributed by atoms with E-state index < -0.39 is 0 Å². The highest BCUT2D eigenvalue weighted by Gasteiger charge is 2.47. The molecule has 2 fully saturated rings. The zero-order valence-electron chi connectivity index (χ0n) is 40.5. The molecule has 56 heavy (non-hydrogen) atoms. The van der Waals surface area contributed by atoms with Gasteiger partial charge in [0.1, 0.15) is 11.5 Å². The molecule has 320 valence electrons. The Morgan fingerprint density at radius 1 is 0.536 bits per heavy atom. The number of ether oxygens (including phenoxy) is 2. The van der Waals surface area contributed by atoms with Gasteiger partial charge in [0.2, 0.25) is 0 Å². The number of hydrogen-bond acceptors (Lipinski definition) is 2. The van der Waals surface area contributed by atoms with Crippen molar-refractivity contribution in [3.63, 3.8) is 0 Å². The Morgan fingerprint density at radius 3 is 1.36 bits per heavy atom. The van der Waals surface area contributed by atoms with Crippen LogP contribution in [0.2, 0.25) is 0 Å². The Labute approximate surface area is 349 Å². The molecule has 2 saturated carbocycles. The molecule has 2 aliphatic rings. The van der Waals surface area contributed by atoms with Gasteiger partial charge in [-0.1, -0.05) is 147 Å². The van der Waals surface area contributed by atoms with Gasteiger partial charge in [0.25, 0.3) is 0 Å². The van der Waals surface area contributed by atoms with Gasteiger partial charge in [-0.2, -0.15) is 0 Å². The van der Waals surface area contributed by atoms with Crippen LogP contribution in [0.3, 0.4) is 0 Å². The highest BCUT2D eigenvalue weighted by Crippen LogP contribution is 2.57. The van der Waals surface area contributed by atoms with Crippen LogP contribution in [-0.4, -0.2) is 14.2 Å². The molecular weight excluding hydrogens is 681 g/mol. The van der Waals surface area contributed by atoms with Crippen LogP contribution in [0, 0.1) is 38.9 Å². The topological polar surface area (TPSA) is 18.5 Å². The zero-order valence-corrected chi connectivity index (χ0v) is 40.5. The van der Waals surface area contributed by atoms with Gasteiger partial charge in [-0.3, -0.25) is 0 Å². The van der Waals surface area contributed by atoms with Gasteiger partial charge in [-0.15, -0.1) is 0 Å². The van der Waals surface area contributed by atoms with Crippen LogP contribution in [0.15, 0.2) is 60.7 Å². The van der Waals surface area contributed by atoms with Crippen molar-refractivity contribution in [3.8, 4) is 11.5 Å². The number of methoxy groups -OCH3 is 2. The normalized spacial score (nSPS) is 20.3. The Hall–Kier alpha value is -2.22. The Balaban J connectivity index is 0.00000262. The van der Waals surface area contributed by atoms with Crippen LogP contribution in [-0.2, 0) is 10.8 Å². The van der Waals surface area contributed by atoms with E-state index in [-0.39, 0.29) is 32.5 Å². The second-order valence-electron chi connectivity index (χ2n) is 22.3. The lowest BCUT2D eigenvalue weighted by atomic mass is 9.54. The molecular formula is C54H92O2. The van der Waals surface area contributed by atoms with Crippen molar-refractivity contribution < 1.29 is 9.47 Å². The average molecular weight is 773 g/mol. The van der Waals surface area contributed by atoms with Crippen molar-refractivity contribution in [2.45, 2.75) is 205 Å². The molecule has 0 amide bonds. The van der Waals surface area contributed by atoms with Crippen molar-refractivity contribution in [1.29, 1.82) is 0 Å². The van der Waals surface area contributed by atoms with Gasteiger partial charge in [0.05, 0.1) is 14.2 Å².